The highest BCUT2D eigenvalue weighted by Crippen LogP contribution is 2.22. The summed E-state index contributed by atoms with van der Waals surface area (Å²) in [5, 5.41) is 9.42. The molecule has 2 unspecified atom stereocenters. The Labute approximate surface area is 62.8 Å². The zero-order valence-corrected chi connectivity index (χ0v) is 6.63. The molecule has 0 aromatic carbocycles. The first kappa shape index (κ1) is 8.09. The Morgan fingerprint density at radius 2 is 2.40 bits per heavy atom. The van der Waals surface area contributed by atoms with E-state index >= 15 is 0 Å². The van der Waals surface area contributed by atoms with Gasteiger partial charge in [0.05, 0.1) is 0 Å². The van der Waals surface area contributed by atoms with E-state index in [2.05, 4.69) is 14.2 Å². The van der Waals surface area contributed by atoms with Crippen molar-refractivity contribution in [1.29, 1.82) is 0 Å². The first-order valence-electron chi connectivity index (χ1n) is 3.80. The summed E-state index contributed by atoms with van der Waals surface area (Å²) >= 11 is 0. The third-order valence-electron chi connectivity index (χ3n) is 1.89. The molecule has 0 aromatic heterocycles. The van der Waals surface area contributed by atoms with E-state index in [0.717, 1.165) is 6.42 Å². The zero-order valence-electron chi connectivity index (χ0n) is 6.63. The predicted molar refractivity (Wildman–Crippen MR) is 41.2 cm³/mol. The topological polar surface area (TPSA) is 29.5 Å². The van der Waals surface area contributed by atoms with Crippen LogP contribution in [0.4, 0.5) is 0 Å². The molecule has 1 fully saturated rings. The highest BCUT2D eigenvalue weighted by molar-refractivity contribution is 6.37. The van der Waals surface area contributed by atoms with Crippen molar-refractivity contribution in [3.63, 3.8) is 0 Å². The number of hydrogen-bond donors (Lipinski definition) is 1. The predicted octanol–water partition coefficient (Wildman–Crippen LogP) is 1.05. The largest absolute Gasteiger partial charge is 0.366 e. The molecule has 1 aliphatic heterocycles. The van der Waals surface area contributed by atoms with E-state index in [9.17, 15) is 5.11 Å². The second-order valence-electron chi connectivity index (χ2n) is 3.23. The van der Waals surface area contributed by atoms with Crippen LogP contribution < -0.4 is 0 Å². The van der Waals surface area contributed by atoms with Gasteiger partial charge < -0.3 is 9.84 Å². The minimum Gasteiger partial charge on any atom is -0.366 e. The van der Waals surface area contributed by atoms with Crippen molar-refractivity contribution in [3.8, 4) is 0 Å². The minimum atomic E-state index is -0.912. The van der Waals surface area contributed by atoms with Gasteiger partial charge in [0.25, 0.3) is 0 Å². The highest BCUT2D eigenvalue weighted by Gasteiger charge is 2.25. The Hall–Kier alpha value is -0.0151. The Morgan fingerprint density at radius 1 is 1.70 bits per heavy atom. The lowest BCUT2D eigenvalue weighted by Gasteiger charge is -2.20. The molecular formula is C7H14BO2. The third kappa shape index (κ3) is 2.31. The van der Waals surface area contributed by atoms with Crippen molar-refractivity contribution in [2.45, 2.75) is 38.2 Å². The van der Waals surface area contributed by atoms with Crippen LogP contribution in [0.2, 0.25) is 12.1 Å². The molecule has 57 valence electrons. The Morgan fingerprint density at radius 3 is 3.10 bits per heavy atom. The summed E-state index contributed by atoms with van der Waals surface area (Å²) in [6.07, 6.45) is 1.67. The van der Waals surface area contributed by atoms with E-state index < -0.39 is 5.79 Å². The lowest BCUT2D eigenvalue weighted by Crippen LogP contribution is -2.27. The molecule has 1 aliphatic rings. The average Bonchev–Trinajstić information content (AvgIpc) is 1.94. The highest BCUT2D eigenvalue weighted by atomic mass is 16.6. The van der Waals surface area contributed by atoms with Crippen molar-refractivity contribution in [2.75, 3.05) is 6.61 Å². The molecule has 1 N–H and O–H groups in total. The van der Waals surface area contributed by atoms with Crippen LogP contribution >= 0.6 is 0 Å². The molecule has 0 bridgehead atoms. The summed E-state index contributed by atoms with van der Waals surface area (Å²) in [6.45, 7) is 4.52. The molecule has 0 aromatic rings. The molecule has 0 spiro atoms. The van der Waals surface area contributed by atoms with Gasteiger partial charge in [-0.3, -0.25) is 0 Å². The van der Waals surface area contributed by atoms with Gasteiger partial charge in [-0.05, 0) is 19.7 Å². The molecule has 0 aliphatic carbocycles. The van der Waals surface area contributed by atoms with Gasteiger partial charge >= 0.3 is 0 Å². The Balaban J connectivity index is 2.41. The molecule has 1 saturated heterocycles. The van der Waals surface area contributed by atoms with Gasteiger partial charge in [0.2, 0.25) is 0 Å². The zero-order chi connectivity index (χ0) is 7.61. The Bertz CT molecular complexity index is 114. The standard InChI is InChI=1S/C7H14BO2/c1-6-3-4-10-7(2,9)5-8-6/h6,9H,3-5H2,1-2H3. The normalized spacial score (nSPS) is 42.1. The van der Waals surface area contributed by atoms with Crippen LogP contribution in [0.25, 0.3) is 0 Å². The SMILES string of the molecule is CC1[B]CC(C)(O)OCC1. The molecule has 2 atom stereocenters. The molecule has 1 radical (unpaired) electrons. The summed E-state index contributed by atoms with van der Waals surface area (Å²) in [5.74, 6) is -0.334. The van der Waals surface area contributed by atoms with E-state index in [1.54, 1.807) is 6.92 Å². The van der Waals surface area contributed by atoms with E-state index in [4.69, 9.17) is 4.74 Å². The summed E-state index contributed by atoms with van der Waals surface area (Å²) in [6, 6.07) is 0. The number of rotatable bonds is 0. The summed E-state index contributed by atoms with van der Waals surface area (Å²) < 4.78 is 5.18. The molecule has 0 saturated carbocycles. The van der Waals surface area contributed by atoms with Gasteiger partial charge in [0, 0.05) is 6.61 Å². The quantitative estimate of drug-likeness (QED) is 0.510. The van der Waals surface area contributed by atoms with Crippen molar-refractivity contribution >= 4 is 7.28 Å². The van der Waals surface area contributed by atoms with Gasteiger partial charge in [-0.15, -0.1) is 0 Å². The van der Waals surface area contributed by atoms with Gasteiger partial charge in [-0.2, -0.15) is 0 Å². The van der Waals surface area contributed by atoms with E-state index in [0.29, 0.717) is 18.7 Å². The maximum Gasteiger partial charge on any atom is 0.155 e. The second-order valence-corrected chi connectivity index (χ2v) is 3.23. The molecule has 3 heteroatoms. The maximum absolute atomic E-state index is 9.42. The minimum absolute atomic E-state index is 0.578. The fourth-order valence-electron chi connectivity index (χ4n) is 1.06. The van der Waals surface area contributed by atoms with Crippen molar-refractivity contribution in [2.24, 2.45) is 0 Å². The van der Waals surface area contributed by atoms with Gasteiger partial charge in [0.15, 0.2) is 5.79 Å². The van der Waals surface area contributed by atoms with Crippen molar-refractivity contribution in [1.82, 2.24) is 0 Å². The molecule has 2 nitrogen and oxygen atoms in total. The summed E-state index contributed by atoms with van der Waals surface area (Å²) in [5.41, 5.74) is 0. The van der Waals surface area contributed by atoms with Gasteiger partial charge in [-0.1, -0.05) is 12.7 Å². The Kier molecular flexibility index (Phi) is 2.37. The van der Waals surface area contributed by atoms with Crippen LogP contribution in [0.15, 0.2) is 0 Å². The third-order valence-corrected chi connectivity index (χ3v) is 1.89. The van der Waals surface area contributed by atoms with E-state index in [1.807, 2.05) is 0 Å². The first-order valence-corrected chi connectivity index (χ1v) is 3.80. The molecule has 0 amide bonds. The summed E-state index contributed by atoms with van der Waals surface area (Å²) in [7, 11) is 2.12. The van der Waals surface area contributed by atoms with Crippen LogP contribution in [0.1, 0.15) is 20.3 Å². The van der Waals surface area contributed by atoms with E-state index in [1.165, 1.54) is 0 Å². The lowest BCUT2D eigenvalue weighted by molar-refractivity contribution is -0.173. The number of hydrogen-bond acceptors (Lipinski definition) is 2. The van der Waals surface area contributed by atoms with Crippen LogP contribution in [-0.4, -0.2) is 24.8 Å². The van der Waals surface area contributed by atoms with Crippen LogP contribution in [-0.2, 0) is 4.74 Å². The van der Waals surface area contributed by atoms with Crippen LogP contribution in [0.5, 0.6) is 0 Å². The molecule has 1 heterocycles. The molecular weight excluding hydrogens is 127 g/mol. The van der Waals surface area contributed by atoms with E-state index in [-0.39, 0.29) is 0 Å². The first-order chi connectivity index (χ1) is 4.60. The summed E-state index contributed by atoms with van der Waals surface area (Å²) in [4.78, 5) is 0. The van der Waals surface area contributed by atoms with Gasteiger partial charge in [0.1, 0.15) is 7.28 Å². The maximum atomic E-state index is 9.42. The lowest BCUT2D eigenvalue weighted by atomic mass is 9.60. The number of ether oxygens (including phenoxy) is 1. The van der Waals surface area contributed by atoms with Crippen LogP contribution in [0, 0.1) is 0 Å². The van der Waals surface area contributed by atoms with Crippen molar-refractivity contribution < 1.29 is 9.84 Å². The van der Waals surface area contributed by atoms with Gasteiger partial charge in [-0.25, -0.2) is 0 Å². The molecule has 1 rings (SSSR count). The monoisotopic (exact) mass is 141 g/mol. The van der Waals surface area contributed by atoms with Crippen molar-refractivity contribution in [3.05, 3.63) is 0 Å². The smallest absolute Gasteiger partial charge is 0.155 e. The van der Waals surface area contributed by atoms with Crippen LogP contribution in [0.3, 0.4) is 0 Å². The fraction of sp³-hybridized carbons (Fsp3) is 1.00. The number of aliphatic hydroxyl groups is 1. The average molecular weight is 141 g/mol. The fourth-order valence-corrected chi connectivity index (χ4v) is 1.06. The second kappa shape index (κ2) is 2.93. The molecule has 10 heavy (non-hydrogen) atoms.